The molecule has 0 aliphatic rings. The Kier molecular flexibility index (Phi) is 5.65. The molecule has 100 valence electrons. The van der Waals surface area contributed by atoms with Crippen LogP contribution in [0, 0.1) is 5.92 Å². The summed E-state index contributed by atoms with van der Waals surface area (Å²) in [5.74, 6) is 0.757. The lowest BCUT2D eigenvalue weighted by molar-refractivity contribution is 0.534. The molecule has 0 aliphatic heterocycles. The van der Waals surface area contributed by atoms with Crippen LogP contribution in [0.4, 0.5) is 0 Å². The SMILES string of the molecule is CCCC(CBr)Cc1ccc(-c2ccccc2)cc1. The fourth-order valence-electron chi connectivity index (χ4n) is 2.44. The molecular weight excluding hydrogens is 296 g/mol. The molecule has 0 heterocycles. The van der Waals surface area contributed by atoms with E-state index >= 15 is 0 Å². The first-order chi connectivity index (χ1) is 9.33. The van der Waals surface area contributed by atoms with E-state index in [1.807, 2.05) is 0 Å². The number of halogens is 1. The van der Waals surface area contributed by atoms with Crippen LogP contribution in [0.5, 0.6) is 0 Å². The van der Waals surface area contributed by atoms with Crippen molar-refractivity contribution in [3.63, 3.8) is 0 Å². The van der Waals surface area contributed by atoms with Gasteiger partial charge in [-0.25, -0.2) is 0 Å². The van der Waals surface area contributed by atoms with Gasteiger partial charge in [-0.3, -0.25) is 0 Å². The standard InChI is InChI=1S/C18H21Br/c1-2-6-16(14-19)13-15-9-11-18(12-10-15)17-7-4-3-5-8-17/h3-5,7-12,16H,2,6,13-14H2,1H3. The van der Waals surface area contributed by atoms with Crippen molar-refractivity contribution in [1.29, 1.82) is 0 Å². The van der Waals surface area contributed by atoms with Gasteiger partial charge in [-0.05, 0) is 35.4 Å². The van der Waals surface area contributed by atoms with Gasteiger partial charge in [0.15, 0.2) is 0 Å². The summed E-state index contributed by atoms with van der Waals surface area (Å²) in [6.07, 6.45) is 3.73. The average Bonchev–Trinajstić information content (AvgIpc) is 2.48. The highest BCUT2D eigenvalue weighted by atomic mass is 79.9. The zero-order valence-corrected chi connectivity index (χ0v) is 13.1. The molecule has 0 amide bonds. The summed E-state index contributed by atoms with van der Waals surface area (Å²) in [6.45, 7) is 2.26. The van der Waals surface area contributed by atoms with Crippen LogP contribution in [0.2, 0.25) is 0 Å². The summed E-state index contributed by atoms with van der Waals surface area (Å²) in [7, 11) is 0. The number of rotatable bonds is 6. The summed E-state index contributed by atoms with van der Waals surface area (Å²) in [5, 5.41) is 1.10. The molecule has 19 heavy (non-hydrogen) atoms. The van der Waals surface area contributed by atoms with Crippen molar-refractivity contribution >= 4 is 15.9 Å². The van der Waals surface area contributed by atoms with Crippen molar-refractivity contribution in [2.24, 2.45) is 5.92 Å². The van der Waals surface area contributed by atoms with E-state index in [9.17, 15) is 0 Å². The molecule has 2 aromatic rings. The monoisotopic (exact) mass is 316 g/mol. The molecule has 0 aromatic heterocycles. The van der Waals surface area contributed by atoms with Crippen molar-refractivity contribution in [1.82, 2.24) is 0 Å². The predicted octanol–water partition coefficient (Wildman–Crippen LogP) is 5.71. The van der Waals surface area contributed by atoms with Gasteiger partial charge < -0.3 is 0 Å². The Balaban J connectivity index is 2.06. The first kappa shape index (κ1) is 14.3. The smallest absolute Gasteiger partial charge is 0.00628 e. The van der Waals surface area contributed by atoms with Gasteiger partial charge >= 0.3 is 0 Å². The Labute approximate surface area is 125 Å². The maximum absolute atomic E-state index is 3.63. The van der Waals surface area contributed by atoms with E-state index in [0.717, 1.165) is 11.2 Å². The molecule has 0 N–H and O–H groups in total. The van der Waals surface area contributed by atoms with Crippen LogP contribution in [0.3, 0.4) is 0 Å². The van der Waals surface area contributed by atoms with Crippen LogP contribution in [0.1, 0.15) is 25.3 Å². The van der Waals surface area contributed by atoms with Gasteiger partial charge in [0.1, 0.15) is 0 Å². The third-order valence-electron chi connectivity index (χ3n) is 3.50. The molecule has 0 nitrogen and oxygen atoms in total. The minimum Gasteiger partial charge on any atom is -0.0925 e. The highest BCUT2D eigenvalue weighted by Crippen LogP contribution is 2.22. The summed E-state index contributed by atoms with van der Waals surface area (Å²) in [4.78, 5) is 0. The van der Waals surface area contributed by atoms with Crippen LogP contribution in [-0.2, 0) is 6.42 Å². The number of benzene rings is 2. The normalized spacial score (nSPS) is 12.3. The molecule has 0 radical (unpaired) electrons. The van der Waals surface area contributed by atoms with Crippen molar-refractivity contribution in [2.75, 3.05) is 5.33 Å². The van der Waals surface area contributed by atoms with E-state index in [-0.39, 0.29) is 0 Å². The number of hydrogen-bond donors (Lipinski definition) is 0. The predicted molar refractivity (Wildman–Crippen MR) is 87.8 cm³/mol. The summed E-state index contributed by atoms with van der Waals surface area (Å²) in [5.41, 5.74) is 4.03. The molecule has 0 bridgehead atoms. The van der Waals surface area contributed by atoms with Crippen molar-refractivity contribution in [3.05, 3.63) is 60.2 Å². The molecule has 0 saturated heterocycles. The van der Waals surface area contributed by atoms with Crippen LogP contribution < -0.4 is 0 Å². The Bertz CT molecular complexity index is 473. The zero-order valence-electron chi connectivity index (χ0n) is 11.5. The van der Waals surface area contributed by atoms with E-state index in [0.29, 0.717) is 0 Å². The topological polar surface area (TPSA) is 0 Å². The Morgan fingerprint density at radius 2 is 1.53 bits per heavy atom. The largest absolute Gasteiger partial charge is 0.0925 e. The first-order valence-electron chi connectivity index (χ1n) is 7.03. The third-order valence-corrected chi connectivity index (χ3v) is 4.42. The lowest BCUT2D eigenvalue weighted by Gasteiger charge is -2.13. The van der Waals surface area contributed by atoms with E-state index in [4.69, 9.17) is 0 Å². The molecule has 0 aliphatic carbocycles. The van der Waals surface area contributed by atoms with Crippen molar-refractivity contribution < 1.29 is 0 Å². The van der Waals surface area contributed by atoms with Crippen LogP contribution in [0.15, 0.2) is 54.6 Å². The minimum absolute atomic E-state index is 0.757. The first-order valence-corrected chi connectivity index (χ1v) is 8.16. The molecular formula is C18H21Br. The van der Waals surface area contributed by atoms with E-state index in [1.165, 1.54) is 36.0 Å². The van der Waals surface area contributed by atoms with Crippen LogP contribution >= 0.6 is 15.9 Å². The van der Waals surface area contributed by atoms with Gasteiger partial charge in [-0.15, -0.1) is 0 Å². The lowest BCUT2D eigenvalue weighted by atomic mass is 9.95. The molecule has 0 fully saturated rings. The maximum atomic E-state index is 3.63. The second-order valence-electron chi connectivity index (χ2n) is 5.08. The van der Waals surface area contributed by atoms with E-state index in [1.54, 1.807) is 0 Å². The zero-order chi connectivity index (χ0) is 13.5. The molecule has 0 saturated carbocycles. The second-order valence-corrected chi connectivity index (χ2v) is 5.72. The molecule has 1 unspecified atom stereocenters. The number of alkyl halides is 1. The summed E-state index contributed by atoms with van der Waals surface area (Å²) >= 11 is 3.63. The van der Waals surface area contributed by atoms with Gasteiger partial charge in [0, 0.05) is 5.33 Å². The minimum atomic E-state index is 0.757. The Hall–Kier alpha value is -1.08. The molecule has 2 rings (SSSR count). The van der Waals surface area contributed by atoms with Gasteiger partial charge in [-0.1, -0.05) is 83.9 Å². The Morgan fingerprint density at radius 1 is 0.895 bits per heavy atom. The maximum Gasteiger partial charge on any atom is 0.00628 e. The molecule has 1 heteroatoms. The van der Waals surface area contributed by atoms with Gasteiger partial charge in [-0.2, -0.15) is 0 Å². The molecule has 0 spiro atoms. The molecule has 1 atom stereocenters. The quantitative estimate of drug-likeness (QED) is 0.599. The van der Waals surface area contributed by atoms with Gasteiger partial charge in [0.25, 0.3) is 0 Å². The van der Waals surface area contributed by atoms with Crippen LogP contribution in [0.25, 0.3) is 11.1 Å². The third kappa shape index (κ3) is 4.21. The Morgan fingerprint density at radius 3 is 2.11 bits per heavy atom. The van der Waals surface area contributed by atoms with Gasteiger partial charge in [0.2, 0.25) is 0 Å². The highest BCUT2D eigenvalue weighted by Gasteiger charge is 2.07. The fraction of sp³-hybridized carbons (Fsp3) is 0.333. The fourth-order valence-corrected chi connectivity index (χ4v) is 2.99. The van der Waals surface area contributed by atoms with Crippen molar-refractivity contribution in [3.8, 4) is 11.1 Å². The highest BCUT2D eigenvalue weighted by molar-refractivity contribution is 9.09. The summed E-state index contributed by atoms with van der Waals surface area (Å²) in [6, 6.07) is 19.6. The second kappa shape index (κ2) is 7.49. The van der Waals surface area contributed by atoms with Crippen LogP contribution in [-0.4, -0.2) is 5.33 Å². The van der Waals surface area contributed by atoms with E-state index in [2.05, 4.69) is 77.5 Å². The van der Waals surface area contributed by atoms with Crippen molar-refractivity contribution in [2.45, 2.75) is 26.2 Å². The number of hydrogen-bond acceptors (Lipinski definition) is 0. The average molecular weight is 317 g/mol. The summed E-state index contributed by atoms with van der Waals surface area (Å²) < 4.78 is 0. The van der Waals surface area contributed by atoms with Gasteiger partial charge in [0.05, 0.1) is 0 Å². The van der Waals surface area contributed by atoms with E-state index < -0.39 is 0 Å². The molecule has 2 aromatic carbocycles. The lowest BCUT2D eigenvalue weighted by Crippen LogP contribution is -2.05.